The minimum absolute atomic E-state index is 0.121. The van der Waals surface area contributed by atoms with E-state index in [9.17, 15) is 0 Å². The first-order chi connectivity index (χ1) is 8.76. The molecule has 0 radical (unpaired) electrons. The Morgan fingerprint density at radius 2 is 2.00 bits per heavy atom. The molecule has 5 nitrogen and oxygen atoms in total. The molecule has 1 atom stereocenters. The Morgan fingerprint density at radius 1 is 1.28 bits per heavy atom. The van der Waals surface area contributed by atoms with Gasteiger partial charge in [0.1, 0.15) is 17.6 Å². The van der Waals surface area contributed by atoms with Crippen molar-refractivity contribution in [2.24, 2.45) is 4.99 Å². The molecule has 0 fully saturated rings. The molecule has 18 heavy (non-hydrogen) atoms. The number of nitrogens with zero attached hydrogens (tertiary/aromatic N) is 4. The summed E-state index contributed by atoms with van der Waals surface area (Å²) in [7, 11) is 0. The molecule has 88 valence electrons. The van der Waals surface area contributed by atoms with Gasteiger partial charge in [0.15, 0.2) is 11.7 Å². The summed E-state index contributed by atoms with van der Waals surface area (Å²) in [5.41, 5.74) is 0.125. The highest BCUT2D eigenvalue weighted by molar-refractivity contribution is 6.33. The van der Waals surface area contributed by atoms with Gasteiger partial charge in [0.25, 0.3) is 0 Å². The van der Waals surface area contributed by atoms with Crippen molar-refractivity contribution < 1.29 is 0 Å². The second-order valence-corrected chi connectivity index (χ2v) is 3.85. The maximum absolute atomic E-state index is 8.96. The first-order valence-electron chi connectivity index (χ1n) is 5.09. The maximum Gasteiger partial charge on any atom is 0.186 e. The van der Waals surface area contributed by atoms with Gasteiger partial charge >= 0.3 is 0 Å². The molecule has 1 aromatic carbocycles. The van der Waals surface area contributed by atoms with Crippen molar-refractivity contribution in [3.05, 3.63) is 42.2 Å². The molecule has 1 aromatic rings. The van der Waals surface area contributed by atoms with Crippen LogP contribution in [0.3, 0.4) is 0 Å². The van der Waals surface area contributed by atoms with Crippen LogP contribution in [0.4, 0.5) is 5.69 Å². The molecule has 6 heteroatoms. The van der Waals surface area contributed by atoms with Gasteiger partial charge in [-0.05, 0) is 12.1 Å². The number of hydrogen-bond acceptors (Lipinski definition) is 5. The van der Waals surface area contributed by atoms with E-state index in [1.165, 1.54) is 6.20 Å². The summed E-state index contributed by atoms with van der Waals surface area (Å²) in [6.45, 7) is 0. The number of amidine groups is 1. The van der Waals surface area contributed by atoms with E-state index in [1.54, 1.807) is 0 Å². The molecule has 2 rings (SSSR count). The van der Waals surface area contributed by atoms with Gasteiger partial charge in [-0.3, -0.25) is 0 Å². The quantitative estimate of drug-likeness (QED) is 0.476. The summed E-state index contributed by atoms with van der Waals surface area (Å²) in [6, 6.07) is 11.2. The van der Waals surface area contributed by atoms with Crippen molar-refractivity contribution in [2.45, 2.75) is 5.50 Å². The van der Waals surface area contributed by atoms with Gasteiger partial charge in [-0.2, -0.15) is 10.5 Å². The second-order valence-electron chi connectivity index (χ2n) is 3.44. The fourth-order valence-electron chi connectivity index (χ4n) is 1.45. The molecular formula is C12H8ClN5. The molecule has 0 aromatic heterocycles. The Kier molecular flexibility index (Phi) is 3.47. The van der Waals surface area contributed by atoms with Crippen molar-refractivity contribution in [1.82, 2.24) is 4.90 Å². The van der Waals surface area contributed by atoms with Crippen LogP contribution >= 0.6 is 11.6 Å². The number of hydrogen-bond donors (Lipinski definition) is 1. The lowest BCUT2D eigenvalue weighted by Crippen LogP contribution is -2.38. The van der Waals surface area contributed by atoms with Crippen LogP contribution in [0, 0.1) is 22.8 Å². The third-order valence-electron chi connectivity index (χ3n) is 2.31. The Hall–Kier alpha value is -2.50. The molecule has 1 heterocycles. The van der Waals surface area contributed by atoms with Crippen molar-refractivity contribution in [3.8, 4) is 12.3 Å². The number of nitrogens with one attached hydrogen (secondary N) is 1. The van der Waals surface area contributed by atoms with Crippen molar-refractivity contribution in [2.75, 3.05) is 5.32 Å². The lowest BCUT2D eigenvalue weighted by Gasteiger charge is -2.25. The van der Waals surface area contributed by atoms with Gasteiger partial charge in [-0.25, -0.2) is 9.89 Å². The zero-order chi connectivity index (χ0) is 13.0. The molecule has 0 bridgehead atoms. The number of nitriles is 2. The van der Waals surface area contributed by atoms with Gasteiger partial charge in [-0.15, -0.1) is 0 Å². The zero-order valence-electron chi connectivity index (χ0n) is 9.21. The third kappa shape index (κ3) is 2.27. The van der Waals surface area contributed by atoms with E-state index in [1.807, 2.05) is 42.6 Å². The summed E-state index contributed by atoms with van der Waals surface area (Å²) >= 11 is 6.09. The average Bonchev–Trinajstić information content (AvgIpc) is 2.42. The Bertz CT molecular complexity index is 579. The lowest BCUT2D eigenvalue weighted by molar-refractivity contribution is 0.524. The third-order valence-corrected chi connectivity index (χ3v) is 2.71. The highest BCUT2D eigenvalue weighted by Crippen LogP contribution is 2.19. The summed E-state index contributed by atoms with van der Waals surface area (Å²) in [5.74, 6) is 0.406. The number of alkyl halides is 1. The molecular weight excluding hydrogens is 250 g/mol. The number of rotatable bonds is 1. The number of para-hydroxylation sites is 1. The summed E-state index contributed by atoms with van der Waals surface area (Å²) in [6.07, 6.45) is 3.17. The minimum atomic E-state index is -0.810. The molecule has 0 saturated heterocycles. The van der Waals surface area contributed by atoms with E-state index in [2.05, 4.69) is 10.3 Å². The fourth-order valence-corrected chi connectivity index (χ4v) is 1.71. The molecule has 1 unspecified atom stereocenters. The topological polar surface area (TPSA) is 75.2 Å². The van der Waals surface area contributed by atoms with Crippen molar-refractivity contribution >= 4 is 23.1 Å². The summed E-state index contributed by atoms with van der Waals surface area (Å²) in [5, 5.41) is 20.8. The minimum Gasteiger partial charge on any atom is -0.341 e. The molecule has 0 amide bonds. The fraction of sp³-hybridized carbons (Fsp3) is 0.0833. The average molecular weight is 258 g/mol. The molecule has 1 N–H and O–H groups in total. The molecule has 1 aliphatic rings. The highest BCUT2D eigenvalue weighted by Gasteiger charge is 2.27. The Morgan fingerprint density at radius 3 is 2.61 bits per heavy atom. The van der Waals surface area contributed by atoms with Crippen molar-refractivity contribution in [3.63, 3.8) is 0 Å². The van der Waals surface area contributed by atoms with E-state index in [0.29, 0.717) is 5.84 Å². The van der Waals surface area contributed by atoms with Crippen LogP contribution in [0.25, 0.3) is 0 Å². The van der Waals surface area contributed by atoms with Gasteiger partial charge < -0.3 is 5.32 Å². The molecule has 0 aliphatic carbocycles. The maximum atomic E-state index is 8.96. The van der Waals surface area contributed by atoms with Crippen molar-refractivity contribution in [1.29, 1.82) is 10.5 Å². The van der Waals surface area contributed by atoms with Crippen LogP contribution in [0.5, 0.6) is 0 Å². The van der Waals surface area contributed by atoms with E-state index in [-0.39, 0.29) is 5.70 Å². The van der Waals surface area contributed by atoms with E-state index < -0.39 is 5.50 Å². The zero-order valence-corrected chi connectivity index (χ0v) is 9.96. The predicted molar refractivity (Wildman–Crippen MR) is 68.3 cm³/mol. The summed E-state index contributed by atoms with van der Waals surface area (Å²) < 4.78 is 0. The first kappa shape index (κ1) is 12.0. The largest absolute Gasteiger partial charge is 0.341 e. The number of allylic oxidation sites excluding steroid dienone is 1. The van der Waals surface area contributed by atoms with E-state index in [4.69, 9.17) is 22.1 Å². The number of benzene rings is 1. The first-order valence-corrected chi connectivity index (χ1v) is 5.53. The van der Waals surface area contributed by atoms with E-state index in [0.717, 1.165) is 10.6 Å². The van der Waals surface area contributed by atoms with Crippen LogP contribution in [-0.4, -0.2) is 16.2 Å². The lowest BCUT2D eigenvalue weighted by atomic mass is 10.3. The van der Waals surface area contributed by atoms with Crippen LogP contribution in [0.1, 0.15) is 0 Å². The van der Waals surface area contributed by atoms with E-state index >= 15 is 0 Å². The number of halogens is 1. The summed E-state index contributed by atoms with van der Waals surface area (Å²) in [4.78, 5) is 5.15. The van der Waals surface area contributed by atoms with Crippen LogP contribution in [0.2, 0.25) is 0 Å². The Labute approximate surface area is 109 Å². The predicted octanol–water partition coefficient (Wildman–Crippen LogP) is 2.22. The number of aliphatic imine (C=N–C) groups is 1. The highest BCUT2D eigenvalue weighted by atomic mass is 35.5. The van der Waals surface area contributed by atoms with Gasteiger partial charge in [0.05, 0.1) is 6.20 Å². The van der Waals surface area contributed by atoms with Crippen LogP contribution in [-0.2, 0) is 0 Å². The van der Waals surface area contributed by atoms with Crippen LogP contribution in [0.15, 0.2) is 47.2 Å². The Balaban J connectivity index is 2.25. The molecule has 0 saturated carbocycles. The van der Waals surface area contributed by atoms with Crippen LogP contribution < -0.4 is 5.32 Å². The smallest absolute Gasteiger partial charge is 0.186 e. The second kappa shape index (κ2) is 5.22. The SMILES string of the molecule is N#CC1=CN=C(Nc2ccccc2)C(Cl)N1C#N. The van der Waals surface area contributed by atoms with Gasteiger partial charge in [-0.1, -0.05) is 29.8 Å². The number of anilines is 1. The standard InChI is InChI=1S/C12H8ClN5/c13-11-12(17-9-4-2-1-3-5-9)16-7-10(6-14)18(11)8-15/h1-5,7,11H,(H,16,17). The monoisotopic (exact) mass is 257 g/mol. The normalized spacial score (nSPS) is 18.2. The molecule has 0 spiro atoms. The molecule has 1 aliphatic heterocycles. The van der Waals surface area contributed by atoms with Gasteiger partial charge in [0, 0.05) is 5.69 Å². The van der Waals surface area contributed by atoms with Gasteiger partial charge in [0.2, 0.25) is 0 Å².